The molecule has 0 bridgehead atoms. The Hall–Kier alpha value is -1.64. The minimum absolute atomic E-state index is 0.511. The number of allylic oxidation sites excluding steroid dienone is 3. The van der Waals surface area contributed by atoms with Crippen molar-refractivity contribution in [3.05, 3.63) is 36.6 Å². The highest BCUT2D eigenvalue weighted by molar-refractivity contribution is 5.86. The standard InChI is InChI=1S/C8H10N2O/c1-3-4-7(10-2)5-6-8(9)11/h3-6H,1-2H2,(H2,9,11)/b6-5+,7-4-. The van der Waals surface area contributed by atoms with Crippen LogP contribution in [0.5, 0.6) is 0 Å². The summed E-state index contributed by atoms with van der Waals surface area (Å²) >= 11 is 0. The SMILES string of the molecule is C=C/C=C(/C=C/C(N)=O)N=C. The minimum Gasteiger partial charge on any atom is -0.366 e. The number of primary amides is 1. The number of rotatable bonds is 4. The van der Waals surface area contributed by atoms with Gasteiger partial charge in [0.2, 0.25) is 5.91 Å². The highest BCUT2D eigenvalue weighted by Gasteiger charge is 1.85. The second-order valence-electron chi connectivity index (χ2n) is 1.72. The van der Waals surface area contributed by atoms with Crippen LogP contribution in [0.15, 0.2) is 41.6 Å². The zero-order chi connectivity index (χ0) is 8.69. The van der Waals surface area contributed by atoms with Crippen molar-refractivity contribution in [2.24, 2.45) is 10.7 Å². The fraction of sp³-hybridized carbons (Fsp3) is 0. The van der Waals surface area contributed by atoms with Gasteiger partial charge in [0.25, 0.3) is 0 Å². The zero-order valence-electron chi connectivity index (χ0n) is 6.16. The summed E-state index contributed by atoms with van der Waals surface area (Å²) in [5, 5.41) is 0. The van der Waals surface area contributed by atoms with Crippen molar-refractivity contribution in [1.29, 1.82) is 0 Å². The summed E-state index contributed by atoms with van der Waals surface area (Å²) in [4.78, 5) is 13.8. The van der Waals surface area contributed by atoms with E-state index in [9.17, 15) is 4.79 Å². The van der Waals surface area contributed by atoms with Gasteiger partial charge < -0.3 is 5.73 Å². The van der Waals surface area contributed by atoms with Gasteiger partial charge in [0, 0.05) is 6.08 Å². The van der Waals surface area contributed by atoms with Crippen molar-refractivity contribution in [2.75, 3.05) is 0 Å². The van der Waals surface area contributed by atoms with Gasteiger partial charge in [0.15, 0.2) is 0 Å². The van der Waals surface area contributed by atoms with Crippen LogP contribution in [0.2, 0.25) is 0 Å². The predicted molar refractivity (Wildman–Crippen MR) is 46.2 cm³/mol. The van der Waals surface area contributed by atoms with Gasteiger partial charge in [-0.05, 0) is 18.9 Å². The van der Waals surface area contributed by atoms with Gasteiger partial charge in [-0.1, -0.05) is 12.7 Å². The van der Waals surface area contributed by atoms with Crippen LogP contribution in [-0.2, 0) is 4.79 Å². The summed E-state index contributed by atoms with van der Waals surface area (Å²) in [5.41, 5.74) is 5.41. The minimum atomic E-state index is -0.511. The van der Waals surface area contributed by atoms with Crippen LogP contribution in [0.1, 0.15) is 0 Å². The molecule has 0 aliphatic carbocycles. The lowest BCUT2D eigenvalue weighted by Gasteiger charge is -1.87. The number of aliphatic imine (C=N–C) groups is 1. The molecule has 0 atom stereocenters. The van der Waals surface area contributed by atoms with Crippen molar-refractivity contribution in [1.82, 2.24) is 0 Å². The Morgan fingerprint density at radius 3 is 2.45 bits per heavy atom. The molecule has 1 amide bonds. The van der Waals surface area contributed by atoms with E-state index in [1.54, 1.807) is 12.2 Å². The van der Waals surface area contributed by atoms with E-state index in [1.807, 2.05) is 0 Å². The van der Waals surface area contributed by atoms with E-state index in [1.165, 1.54) is 12.2 Å². The molecule has 58 valence electrons. The number of carbonyl (C=O) groups is 1. The molecular formula is C8H10N2O. The first-order valence-electron chi connectivity index (χ1n) is 2.97. The average Bonchev–Trinajstić information content (AvgIpc) is 1.97. The zero-order valence-corrected chi connectivity index (χ0v) is 6.16. The number of nitrogens with two attached hydrogens (primary N) is 1. The molecule has 0 aliphatic rings. The molecule has 0 fully saturated rings. The second kappa shape index (κ2) is 5.17. The highest BCUT2D eigenvalue weighted by atomic mass is 16.1. The molecule has 0 aromatic heterocycles. The van der Waals surface area contributed by atoms with Crippen molar-refractivity contribution < 1.29 is 4.79 Å². The first-order chi connectivity index (χ1) is 5.20. The van der Waals surface area contributed by atoms with Gasteiger partial charge in [-0.25, -0.2) is 0 Å². The molecule has 0 heterocycles. The molecule has 3 nitrogen and oxygen atoms in total. The summed E-state index contributed by atoms with van der Waals surface area (Å²) in [6.45, 7) is 6.75. The van der Waals surface area contributed by atoms with E-state index in [0.29, 0.717) is 5.70 Å². The Labute approximate surface area is 65.6 Å². The van der Waals surface area contributed by atoms with E-state index in [-0.39, 0.29) is 0 Å². The molecule has 2 N–H and O–H groups in total. The summed E-state index contributed by atoms with van der Waals surface area (Å²) in [6, 6.07) is 0. The Kier molecular flexibility index (Phi) is 4.40. The fourth-order valence-corrected chi connectivity index (χ4v) is 0.449. The van der Waals surface area contributed by atoms with E-state index in [4.69, 9.17) is 5.73 Å². The first-order valence-corrected chi connectivity index (χ1v) is 2.97. The monoisotopic (exact) mass is 150 g/mol. The third kappa shape index (κ3) is 4.84. The summed E-state index contributed by atoms with van der Waals surface area (Å²) in [6.07, 6.45) is 5.85. The van der Waals surface area contributed by atoms with Gasteiger partial charge in [0.1, 0.15) is 0 Å². The molecule has 11 heavy (non-hydrogen) atoms. The number of hydrogen-bond donors (Lipinski definition) is 1. The molecule has 0 aromatic carbocycles. The third-order valence-corrected chi connectivity index (χ3v) is 0.890. The van der Waals surface area contributed by atoms with Crippen LogP contribution in [-0.4, -0.2) is 12.6 Å². The Morgan fingerprint density at radius 1 is 1.45 bits per heavy atom. The Bertz CT molecular complexity index is 226. The molecule has 0 spiro atoms. The highest BCUT2D eigenvalue weighted by Crippen LogP contribution is 1.96. The van der Waals surface area contributed by atoms with E-state index >= 15 is 0 Å². The second-order valence-corrected chi connectivity index (χ2v) is 1.72. The van der Waals surface area contributed by atoms with Crippen LogP contribution in [0.4, 0.5) is 0 Å². The quantitative estimate of drug-likeness (QED) is 0.359. The Balaban J connectivity index is 4.30. The van der Waals surface area contributed by atoms with E-state index in [0.717, 1.165) is 0 Å². The molecule has 0 rings (SSSR count). The number of carbonyl (C=O) groups excluding carboxylic acids is 1. The van der Waals surface area contributed by atoms with Crippen LogP contribution in [0.25, 0.3) is 0 Å². The number of amides is 1. The first kappa shape index (κ1) is 9.36. The lowest BCUT2D eigenvalue weighted by atomic mass is 10.3. The van der Waals surface area contributed by atoms with Gasteiger partial charge in [-0.15, -0.1) is 0 Å². The summed E-state index contributed by atoms with van der Waals surface area (Å²) in [5.74, 6) is -0.511. The van der Waals surface area contributed by atoms with Crippen molar-refractivity contribution >= 4 is 12.6 Å². The Morgan fingerprint density at radius 2 is 2.09 bits per heavy atom. The average molecular weight is 150 g/mol. The summed E-state index contributed by atoms with van der Waals surface area (Å²) < 4.78 is 0. The number of hydrogen-bond acceptors (Lipinski definition) is 2. The lowest BCUT2D eigenvalue weighted by molar-refractivity contribution is -0.113. The fourth-order valence-electron chi connectivity index (χ4n) is 0.449. The van der Waals surface area contributed by atoms with Crippen LogP contribution in [0.3, 0.4) is 0 Å². The van der Waals surface area contributed by atoms with Crippen LogP contribution < -0.4 is 5.73 Å². The normalized spacial score (nSPS) is 11.5. The lowest BCUT2D eigenvalue weighted by Crippen LogP contribution is -2.05. The van der Waals surface area contributed by atoms with Gasteiger partial charge >= 0.3 is 0 Å². The topological polar surface area (TPSA) is 55.5 Å². The molecule has 0 saturated carbocycles. The maximum atomic E-state index is 10.2. The molecule has 3 heteroatoms. The van der Waals surface area contributed by atoms with Gasteiger partial charge in [-0.2, -0.15) is 0 Å². The van der Waals surface area contributed by atoms with E-state index in [2.05, 4.69) is 18.3 Å². The molecule has 0 radical (unpaired) electrons. The van der Waals surface area contributed by atoms with Crippen molar-refractivity contribution in [3.8, 4) is 0 Å². The van der Waals surface area contributed by atoms with Gasteiger partial charge in [0.05, 0.1) is 5.70 Å². The molecule has 0 saturated heterocycles. The molecular weight excluding hydrogens is 140 g/mol. The number of nitrogens with zero attached hydrogens (tertiary/aromatic N) is 1. The van der Waals surface area contributed by atoms with Gasteiger partial charge in [-0.3, -0.25) is 9.79 Å². The van der Waals surface area contributed by atoms with Crippen molar-refractivity contribution in [2.45, 2.75) is 0 Å². The largest absolute Gasteiger partial charge is 0.366 e. The van der Waals surface area contributed by atoms with E-state index < -0.39 is 5.91 Å². The molecule has 0 aliphatic heterocycles. The van der Waals surface area contributed by atoms with Crippen LogP contribution in [0, 0.1) is 0 Å². The van der Waals surface area contributed by atoms with Crippen molar-refractivity contribution in [3.63, 3.8) is 0 Å². The molecule has 0 unspecified atom stereocenters. The van der Waals surface area contributed by atoms with Crippen LogP contribution >= 0.6 is 0 Å². The summed E-state index contributed by atoms with van der Waals surface area (Å²) in [7, 11) is 0. The molecule has 0 aromatic rings. The maximum Gasteiger partial charge on any atom is 0.241 e. The maximum absolute atomic E-state index is 10.2. The predicted octanol–water partition coefficient (Wildman–Crippen LogP) is 0.798. The third-order valence-electron chi connectivity index (χ3n) is 0.890. The smallest absolute Gasteiger partial charge is 0.241 e.